The zero-order valence-electron chi connectivity index (χ0n) is 17.8. The quantitative estimate of drug-likeness (QED) is 0.447. The molecule has 7 heteroatoms. The molecule has 0 spiro atoms. The monoisotopic (exact) mass is 411 g/mol. The van der Waals surface area contributed by atoms with E-state index < -0.39 is 11.2 Å². The summed E-state index contributed by atoms with van der Waals surface area (Å²) in [4.78, 5) is 32.5. The first-order valence-electron chi connectivity index (χ1n) is 11.1. The number of fused-ring (bicyclic) bond motifs is 3. The number of H-pyrrole nitrogens is 2. The standard InChI is InChI=1S/C23H30N4O3/c1-3-5-6-9-13-27-22(29)18(21(28)25-23(27)30)20-19-16(12-14-26(20)4-2)15-10-7-8-11-17(15)24-19/h7-8,10-11,20,24,29H,3-6,9,12-14H2,1-2H3,(H,25,28,30)/p+1/t20-/m1/s1. The van der Waals surface area contributed by atoms with Crippen LogP contribution in [-0.4, -0.2) is 32.7 Å². The normalized spacial score (nSPS) is 18.6. The van der Waals surface area contributed by atoms with Crippen LogP contribution in [0.3, 0.4) is 0 Å². The Morgan fingerprint density at radius 3 is 2.70 bits per heavy atom. The van der Waals surface area contributed by atoms with Crippen molar-refractivity contribution in [1.29, 1.82) is 0 Å². The molecule has 4 rings (SSSR count). The number of hydrogen-bond donors (Lipinski definition) is 4. The van der Waals surface area contributed by atoms with E-state index in [-0.39, 0.29) is 17.5 Å². The highest BCUT2D eigenvalue weighted by molar-refractivity contribution is 5.85. The number of quaternary nitrogens is 1. The summed E-state index contributed by atoms with van der Waals surface area (Å²) in [6.45, 7) is 6.30. The van der Waals surface area contributed by atoms with Gasteiger partial charge in [-0.3, -0.25) is 14.3 Å². The Kier molecular flexibility index (Phi) is 5.81. The van der Waals surface area contributed by atoms with Gasteiger partial charge in [-0.15, -0.1) is 0 Å². The van der Waals surface area contributed by atoms with Gasteiger partial charge in [0.2, 0.25) is 5.88 Å². The molecule has 0 amide bonds. The van der Waals surface area contributed by atoms with Crippen molar-refractivity contribution in [3.8, 4) is 5.88 Å². The van der Waals surface area contributed by atoms with Crippen LogP contribution in [0.4, 0.5) is 0 Å². The molecule has 30 heavy (non-hydrogen) atoms. The van der Waals surface area contributed by atoms with Gasteiger partial charge < -0.3 is 15.0 Å². The van der Waals surface area contributed by atoms with Crippen molar-refractivity contribution < 1.29 is 10.0 Å². The summed E-state index contributed by atoms with van der Waals surface area (Å²) in [5.41, 5.74) is 2.46. The second kappa shape index (κ2) is 8.52. The van der Waals surface area contributed by atoms with Crippen LogP contribution in [-0.2, 0) is 13.0 Å². The SMILES string of the molecule is CCCCCCn1c(O)c([C@@H]2c3[nH]c4ccccc4c3CC[NH+]2CC)c(=O)[nH]c1=O. The van der Waals surface area contributed by atoms with Crippen molar-refractivity contribution in [3.05, 3.63) is 61.9 Å². The molecule has 7 nitrogen and oxygen atoms in total. The van der Waals surface area contributed by atoms with E-state index in [9.17, 15) is 14.7 Å². The van der Waals surface area contributed by atoms with Gasteiger partial charge in [-0.05, 0) is 25.0 Å². The van der Waals surface area contributed by atoms with Gasteiger partial charge in [0.25, 0.3) is 5.56 Å². The van der Waals surface area contributed by atoms with Gasteiger partial charge in [-0.25, -0.2) is 4.79 Å². The van der Waals surface area contributed by atoms with Gasteiger partial charge in [0, 0.05) is 23.9 Å². The molecule has 0 fully saturated rings. The summed E-state index contributed by atoms with van der Waals surface area (Å²) < 4.78 is 1.33. The Hall–Kier alpha value is -2.80. The lowest BCUT2D eigenvalue weighted by molar-refractivity contribution is -0.926. The second-order valence-corrected chi connectivity index (χ2v) is 8.22. The predicted octanol–water partition coefficient (Wildman–Crippen LogP) is 1.85. The van der Waals surface area contributed by atoms with Gasteiger partial charge >= 0.3 is 5.69 Å². The minimum atomic E-state index is -0.538. The molecule has 2 aromatic heterocycles. The molecule has 0 aliphatic carbocycles. The number of unbranched alkanes of at least 4 members (excludes halogenated alkanes) is 3. The van der Waals surface area contributed by atoms with E-state index in [0.717, 1.165) is 61.8 Å². The summed E-state index contributed by atoms with van der Waals surface area (Å²) in [5, 5.41) is 12.3. The Morgan fingerprint density at radius 1 is 1.13 bits per heavy atom. The molecule has 0 saturated heterocycles. The molecule has 3 aromatic rings. The van der Waals surface area contributed by atoms with Crippen molar-refractivity contribution in [3.63, 3.8) is 0 Å². The fourth-order valence-corrected chi connectivity index (χ4v) is 4.84. The van der Waals surface area contributed by atoms with Crippen molar-refractivity contribution >= 4 is 10.9 Å². The zero-order valence-corrected chi connectivity index (χ0v) is 17.8. The maximum atomic E-state index is 12.9. The maximum absolute atomic E-state index is 12.9. The minimum absolute atomic E-state index is 0.192. The van der Waals surface area contributed by atoms with Crippen LogP contribution in [0.5, 0.6) is 5.88 Å². The molecule has 1 aromatic carbocycles. The van der Waals surface area contributed by atoms with Crippen molar-refractivity contribution in [2.24, 2.45) is 0 Å². The van der Waals surface area contributed by atoms with E-state index in [4.69, 9.17) is 0 Å². The number of nitrogens with one attached hydrogen (secondary N) is 3. The molecule has 4 N–H and O–H groups in total. The summed E-state index contributed by atoms with van der Waals surface area (Å²) in [5.74, 6) is -0.192. The Balaban J connectivity index is 1.84. The minimum Gasteiger partial charge on any atom is -0.494 e. The highest BCUT2D eigenvalue weighted by Gasteiger charge is 2.38. The predicted molar refractivity (Wildman–Crippen MR) is 117 cm³/mol. The lowest BCUT2D eigenvalue weighted by Crippen LogP contribution is -3.13. The van der Waals surface area contributed by atoms with E-state index in [1.807, 2.05) is 18.2 Å². The van der Waals surface area contributed by atoms with Crippen LogP contribution < -0.4 is 16.1 Å². The molecule has 1 unspecified atom stereocenters. The van der Waals surface area contributed by atoms with Crippen molar-refractivity contribution in [1.82, 2.24) is 14.5 Å². The van der Waals surface area contributed by atoms with Crippen LogP contribution >= 0.6 is 0 Å². The zero-order chi connectivity index (χ0) is 21.3. The lowest BCUT2D eigenvalue weighted by Gasteiger charge is -2.32. The van der Waals surface area contributed by atoms with E-state index >= 15 is 0 Å². The number of aromatic hydroxyl groups is 1. The number of hydrogen-bond acceptors (Lipinski definition) is 3. The molecular weight excluding hydrogens is 380 g/mol. The van der Waals surface area contributed by atoms with Gasteiger partial charge in [0.1, 0.15) is 5.56 Å². The fraction of sp³-hybridized carbons (Fsp3) is 0.478. The number of rotatable bonds is 7. The van der Waals surface area contributed by atoms with Crippen LogP contribution in [0.15, 0.2) is 33.9 Å². The van der Waals surface area contributed by atoms with E-state index in [1.54, 1.807) is 0 Å². The largest absolute Gasteiger partial charge is 0.494 e. The lowest BCUT2D eigenvalue weighted by atomic mass is 9.93. The molecule has 0 radical (unpaired) electrons. The summed E-state index contributed by atoms with van der Waals surface area (Å²) in [7, 11) is 0. The Morgan fingerprint density at radius 2 is 1.93 bits per heavy atom. The number of nitrogens with zero attached hydrogens (tertiary/aromatic N) is 1. The number of aromatic nitrogens is 3. The van der Waals surface area contributed by atoms with Gasteiger partial charge in [0.05, 0.1) is 18.8 Å². The molecule has 1 aliphatic rings. The Bertz CT molecular complexity index is 1160. The number of likely N-dealkylation sites (N-methyl/N-ethyl adjacent to an activating group) is 1. The average molecular weight is 412 g/mol. The summed E-state index contributed by atoms with van der Waals surface area (Å²) in [6.07, 6.45) is 4.87. The van der Waals surface area contributed by atoms with E-state index in [2.05, 4.69) is 29.9 Å². The molecule has 3 heterocycles. The smallest absolute Gasteiger partial charge is 0.331 e. The van der Waals surface area contributed by atoms with Crippen molar-refractivity contribution in [2.75, 3.05) is 13.1 Å². The van der Waals surface area contributed by atoms with Crippen molar-refractivity contribution in [2.45, 2.75) is 58.5 Å². The number of aromatic amines is 2. The molecular formula is C23H31N4O3+. The van der Waals surface area contributed by atoms with E-state index in [0.29, 0.717) is 6.54 Å². The van der Waals surface area contributed by atoms with Gasteiger partial charge in [0.15, 0.2) is 6.04 Å². The number of benzene rings is 1. The first kappa shape index (κ1) is 20.5. The van der Waals surface area contributed by atoms with Crippen LogP contribution in [0, 0.1) is 0 Å². The third kappa shape index (κ3) is 3.47. The summed E-state index contributed by atoms with van der Waals surface area (Å²) >= 11 is 0. The number of para-hydroxylation sites is 1. The van der Waals surface area contributed by atoms with Crippen LogP contribution in [0.1, 0.15) is 62.4 Å². The topological polar surface area (TPSA) is 95.3 Å². The third-order valence-corrected chi connectivity index (χ3v) is 6.42. The second-order valence-electron chi connectivity index (χ2n) is 8.22. The highest BCUT2D eigenvalue weighted by Crippen LogP contribution is 2.32. The molecule has 1 aliphatic heterocycles. The maximum Gasteiger partial charge on any atom is 0.331 e. The van der Waals surface area contributed by atoms with E-state index in [1.165, 1.54) is 15.0 Å². The Labute approximate surface area is 175 Å². The molecule has 0 bridgehead atoms. The third-order valence-electron chi connectivity index (χ3n) is 6.42. The summed E-state index contributed by atoms with van der Waals surface area (Å²) in [6, 6.07) is 7.81. The fourth-order valence-electron chi connectivity index (χ4n) is 4.84. The van der Waals surface area contributed by atoms with Crippen LogP contribution in [0.2, 0.25) is 0 Å². The molecule has 2 atom stereocenters. The van der Waals surface area contributed by atoms with Gasteiger partial charge in [-0.1, -0.05) is 44.4 Å². The first-order valence-corrected chi connectivity index (χ1v) is 11.1. The highest BCUT2D eigenvalue weighted by atomic mass is 16.3. The molecule has 0 saturated carbocycles. The molecule has 160 valence electrons. The average Bonchev–Trinajstić information content (AvgIpc) is 3.12. The van der Waals surface area contributed by atoms with Gasteiger partial charge in [-0.2, -0.15) is 0 Å². The first-order chi connectivity index (χ1) is 14.6. The van der Waals surface area contributed by atoms with Crippen LogP contribution in [0.25, 0.3) is 10.9 Å².